The molecular weight excluding hydrogens is 326 g/mol. The molecule has 0 saturated heterocycles. The zero-order chi connectivity index (χ0) is 18.1. The van der Waals surface area contributed by atoms with Crippen molar-refractivity contribution < 1.29 is 4.92 Å². The van der Waals surface area contributed by atoms with Crippen LogP contribution in [0.3, 0.4) is 0 Å². The van der Waals surface area contributed by atoms with Crippen LogP contribution in [0.4, 0.5) is 5.69 Å². The largest absolute Gasteiger partial charge is 0.348 e. The van der Waals surface area contributed by atoms with Crippen LogP contribution in [-0.4, -0.2) is 20.9 Å². The van der Waals surface area contributed by atoms with Gasteiger partial charge in [0.1, 0.15) is 0 Å². The van der Waals surface area contributed by atoms with E-state index in [1.807, 2.05) is 19.1 Å². The predicted molar refractivity (Wildman–Crippen MR) is 101 cm³/mol. The Labute approximate surface area is 152 Å². The van der Waals surface area contributed by atoms with Gasteiger partial charge in [-0.1, -0.05) is 42.5 Å². The van der Waals surface area contributed by atoms with Crippen molar-refractivity contribution >= 4 is 5.69 Å². The third-order valence-electron chi connectivity index (χ3n) is 5.24. The van der Waals surface area contributed by atoms with E-state index in [9.17, 15) is 10.1 Å². The van der Waals surface area contributed by atoms with Crippen LogP contribution in [0, 0.1) is 17.0 Å². The highest BCUT2D eigenvalue weighted by Gasteiger charge is 2.29. The average Bonchev–Trinajstić information content (AvgIpc) is 3.12. The van der Waals surface area contributed by atoms with Gasteiger partial charge in [-0.2, -0.15) is 0 Å². The zero-order valence-corrected chi connectivity index (χ0v) is 14.7. The lowest BCUT2D eigenvalue weighted by atomic mass is 9.98. The molecule has 1 atom stereocenters. The molecule has 0 radical (unpaired) electrons. The van der Waals surface area contributed by atoms with Crippen LogP contribution in [0.25, 0.3) is 0 Å². The second-order valence-electron chi connectivity index (χ2n) is 6.73. The molecule has 0 unspecified atom stereocenters. The Morgan fingerprint density at radius 2 is 1.85 bits per heavy atom. The molecule has 0 saturated carbocycles. The molecule has 1 aliphatic heterocycles. The Morgan fingerprint density at radius 3 is 2.62 bits per heavy atom. The molecule has 3 aromatic rings. The van der Waals surface area contributed by atoms with E-state index in [1.54, 1.807) is 12.1 Å². The molecule has 132 valence electrons. The maximum atomic E-state index is 11.3. The van der Waals surface area contributed by atoms with Crippen LogP contribution >= 0.6 is 0 Å². The number of benzene rings is 2. The summed E-state index contributed by atoms with van der Waals surface area (Å²) in [4.78, 5) is 13.4. The van der Waals surface area contributed by atoms with Crippen molar-refractivity contribution in [3.05, 3.63) is 99.4 Å². The number of nitro groups is 1. The lowest BCUT2D eigenvalue weighted by molar-refractivity contribution is -0.385. The van der Waals surface area contributed by atoms with Crippen LogP contribution in [0.2, 0.25) is 0 Å². The van der Waals surface area contributed by atoms with E-state index in [2.05, 4.69) is 52.1 Å². The third kappa shape index (κ3) is 2.91. The van der Waals surface area contributed by atoms with E-state index in [-0.39, 0.29) is 16.7 Å². The average molecular weight is 347 g/mol. The van der Waals surface area contributed by atoms with Crippen molar-refractivity contribution in [2.24, 2.45) is 0 Å². The summed E-state index contributed by atoms with van der Waals surface area (Å²) in [6.45, 7) is 4.37. The minimum atomic E-state index is -0.297. The second-order valence-corrected chi connectivity index (χ2v) is 6.73. The van der Waals surface area contributed by atoms with E-state index in [0.29, 0.717) is 6.54 Å². The van der Waals surface area contributed by atoms with Crippen molar-refractivity contribution in [1.82, 2.24) is 9.47 Å². The molecule has 0 fully saturated rings. The fourth-order valence-electron chi connectivity index (χ4n) is 3.88. The molecule has 2 heterocycles. The molecule has 0 N–H and O–H groups in total. The van der Waals surface area contributed by atoms with Crippen molar-refractivity contribution in [3.8, 4) is 0 Å². The standard InChI is InChI=1S/C21H21N3O2/c1-16-18(9-5-10-19(16)24(25)26)15-23-14-13-22-12-6-11-20(22)21(23)17-7-3-2-4-8-17/h2-12,21H,13-15H2,1H3/t21-/m1/s1. The topological polar surface area (TPSA) is 51.3 Å². The number of hydrogen-bond donors (Lipinski definition) is 0. The summed E-state index contributed by atoms with van der Waals surface area (Å²) in [5, 5.41) is 11.3. The highest BCUT2D eigenvalue weighted by molar-refractivity contribution is 5.44. The lowest BCUT2D eigenvalue weighted by Crippen LogP contribution is -2.38. The van der Waals surface area contributed by atoms with Gasteiger partial charge in [-0.05, 0) is 30.2 Å². The minimum absolute atomic E-state index is 0.151. The maximum absolute atomic E-state index is 11.3. The summed E-state index contributed by atoms with van der Waals surface area (Å²) in [5.41, 5.74) is 4.48. The fourth-order valence-corrected chi connectivity index (χ4v) is 3.88. The number of rotatable bonds is 4. The Balaban J connectivity index is 1.72. The van der Waals surface area contributed by atoms with Crippen molar-refractivity contribution in [2.45, 2.75) is 26.1 Å². The van der Waals surface area contributed by atoms with E-state index in [0.717, 1.165) is 24.2 Å². The van der Waals surface area contributed by atoms with Gasteiger partial charge in [0, 0.05) is 43.2 Å². The molecule has 26 heavy (non-hydrogen) atoms. The van der Waals surface area contributed by atoms with Gasteiger partial charge >= 0.3 is 0 Å². The molecule has 1 aliphatic rings. The fraction of sp³-hybridized carbons (Fsp3) is 0.238. The first-order valence-corrected chi connectivity index (χ1v) is 8.82. The van der Waals surface area contributed by atoms with E-state index in [4.69, 9.17) is 0 Å². The van der Waals surface area contributed by atoms with Gasteiger partial charge < -0.3 is 4.57 Å². The van der Waals surface area contributed by atoms with Gasteiger partial charge in [0.05, 0.1) is 11.0 Å². The normalized spacial score (nSPS) is 17.0. The first-order chi connectivity index (χ1) is 12.6. The van der Waals surface area contributed by atoms with Gasteiger partial charge in [0.25, 0.3) is 5.69 Å². The predicted octanol–water partition coefficient (Wildman–Crippen LogP) is 4.31. The second kappa shape index (κ2) is 6.77. The van der Waals surface area contributed by atoms with Crippen LogP contribution in [0.1, 0.15) is 28.4 Å². The number of hydrogen-bond acceptors (Lipinski definition) is 3. The SMILES string of the molecule is Cc1c(CN2CCn3cccc3[C@H]2c2ccccc2)cccc1[N+](=O)[O-]. The quantitative estimate of drug-likeness (QED) is 0.522. The summed E-state index contributed by atoms with van der Waals surface area (Å²) in [7, 11) is 0. The molecular formula is C21H21N3O2. The number of nitrogens with zero attached hydrogens (tertiary/aromatic N) is 3. The van der Waals surface area contributed by atoms with Crippen LogP contribution in [0.5, 0.6) is 0 Å². The van der Waals surface area contributed by atoms with Gasteiger partial charge in [0.2, 0.25) is 0 Å². The Kier molecular flexibility index (Phi) is 4.31. The van der Waals surface area contributed by atoms with Gasteiger partial charge in [-0.3, -0.25) is 15.0 Å². The van der Waals surface area contributed by atoms with Gasteiger partial charge in [-0.25, -0.2) is 0 Å². The number of nitro benzene ring substituents is 1. The Hall–Kier alpha value is -2.92. The van der Waals surface area contributed by atoms with Crippen molar-refractivity contribution in [1.29, 1.82) is 0 Å². The molecule has 2 aromatic carbocycles. The van der Waals surface area contributed by atoms with Crippen LogP contribution in [-0.2, 0) is 13.1 Å². The number of fused-ring (bicyclic) bond motifs is 1. The maximum Gasteiger partial charge on any atom is 0.272 e. The van der Waals surface area contributed by atoms with E-state index < -0.39 is 0 Å². The molecule has 4 rings (SSSR count). The minimum Gasteiger partial charge on any atom is -0.348 e. The summed E-state index contributed by atoms with van der Waals surface area (Å²) in [6.07, 6.45) is 2.13. The summed E-state index contributed by atoms with van der Waals surface area (Å²) in [6, 6.07) is 20.2. The molecule has 5 heteroatoms. The van der Waals surface area contributed by atoms with Gasteiger partial charge in [-0.15, -0.1) is 0 Å². The molecule has 5 nitrogen and oxygen atoms in total. The zero-order valence-electron chi connectivity index (χ0n) is 14.7. The van der Waals surface area contributed by atoms with Crippen LogP contribution < -0.4 is 0 Å². The van der Waals surface area contributed by atoms with Gasteiger partial charge in [0.15, 0.2) is 0 Å². The monoisotopic (exact) mass is 347 g/mol. The molecule has 0 amide bonds. The summed E-state index contributed by atoms with van der Waals surface area (Å²) in [5.74, 6) is 0. The van der Waals surface area contributed by atoms with Crippen LogP contribution in [0.15, 0.2) is 66.9 Å². The highest BCUT2D eigenvalue weighted by Crippen LogP contribution is 2.34. The van der Waals surface area contributed by atoms with E-state index in [1.165, 1.54) is 11.3 Å². The highest BCUT2D eigenvalue weighted by atomic mass is 16.6. The molecule has 0 bridgehead atoms. The lowest BCUT2D eigenvalue weighted by Gasteiger charge is -2.37. The summed E-state index contributed by atoms with van der Waals surface area (Å²) >= 11 is 0. The Bertz CT molecular complexity index is 933. The first-order valence-electron chi connectivity index (χ1n) is 8.82. The smallest absolute Gasteiger partial charge is 0.272 e. The van der Waals surface area contributed by atoms with Crippen molar-refractivity contribution in [2.75, 3.05) is 6.54 Å². The Morgan fingerprint density at radius 1 is 1.04 bits per heavy atom. The van der Waals surface area contributed by atoms with E-state index >= 15 is 0 Å². The first kappa shape index (κ1) is 16.5. The third-order valence-corrected chi connectivity index (χ3v) is 5.24. The summed E-state index contributed by atoms with van der Waals surface area (Å²) < 4.78 is 2.30. The molecule has 0 spiro atoms. The van der Waals surface area contributed by atoms with Crippen molar-refractivity contribution in [3.63, 3.8) is 0 Å². The molecule has 0 aliphatic carbocycles. The number of aromatic nitrogens is 1. The molecule has 1 aromatic heterocycles.